The number of hydrogen-bond donors (Lipinski definition) is 2. The van der Waals surface area contributed by atoms with Gasteiger partial charge in [0.05, 0.1) is 0 Å². The van der Waals surface area contributed by atoms with Crippen LogP contribution >= 0.6 is 0 Å². The van der Waals surface area contributed by atoms with E-state index in [9.17, 15) is 14.4 Å². The lowest BCUT2D eigenvalue weighted by Crippen LogP contribution is -2.50. The first-order valence-corrected chi connectivity index (χ1v) is 11.9. The summed E-state index contributed by atoms with van der Waals surface area (Å²) in [6.07, 6.45) is 2.99. The van der Waals surface area contributed by atoms with Gasteiger partial charge in [0, 0.05) is 32.0 Å². The molecular formula is C27H35N3O3. The van der Waals surface area contributed by atoms with Crippen molar-refractivity contribution in [2.24, 2.45) is 5.92 Å². The number of carbonyl (C=O) groups excluding carboxylic acids is 3. The molecule has 1 saturated heterocycles. The Balaban J connectivity index is 1.52. The van der Waals surface area contributed by atoms with Gasteiger partial charge in [0.25, 0.3) is 0 Å². The Labute approximate surface area is 196 Å². The second-order valence-corrected chi connectivity index (χ2v) is 9.16. The predicted octanol–water partition coefficient (Wildman–Crippen LogP) is 3.63. The van der Waals surface area contributed by atoms with E-state index in [-0.39, 0.29) is 29.7 Å². The normalized spacial score (nSPS) is 15.2. The molecule has 3 amide bonds. The number of amides is 3. The summed E-state index contributed by atoms with van der Waals surface area (Å²) in [7, 11) is 0. The summed E-state index contributed by atoms with van der Waals surface area (Å²) in [5.41, 5.74) is 1.94. The molecule has 1 heterocycles. The van der Waals surface area contributed by atoms with E-state index in [0.717, 1.165) is 17.5 Å². The van der Waals surface area contributed by atoms with Crippen LogP contribution in [-0.2, 0) is 20.8 Å². The highest BCUT2D eigenvalue weighted by Crippen LogP contribution is 2.20. The van der Waals surface area contributed by atoms with Crippen LogP contribution in [0.1, 0.15) is 56.7 Å². The van der Waals surface area contributed by atoms with Crippen LogP contribution in [0.4, 0.5) is 0 Å². The lowest BCUT2D eigenvalue weighted by molar-refractivity contribution is -0.138. The third-order valence-corrected chi connectivity index (χ3v) is 5.93. The molecule has 1 atom stereocenters. The van der Waals surface area contributed by atoms with Crippen molar-refractivity contribution in [3.8, 4) is 0 Å². The van der Waals surface area contributed by atoms with Gasteiger partial charge in [0.15, 0.2) is 0 Å². The Morgan fingerprint density at radius 1 is 0.909 bits per heavy atom. The van der Waals surface area contributed by atoms with Crippen molar-refractivity contribution in [1.29, 1.82) is 0 Å². The number of hydrogen-bond acceptors (Lipinski definition) is 3. The molecule has 1 aliphatic rings. The fraction of sp³-hybridized carbons (Fsp3) is 0.444. The second kappa shape index (κ2) is 12.2. The van der Waals surface area contributed by atoms with E-state index in [1.165, 1.54) is 0 Å². The van der Waals surface area contributed by atoms with E-state index in [1.54, 1.807) is 4.90 Å². The summed E-state index contributed by atoms with van der Waals surface area (Å²) in [5, 5.41) is 6.05. The first-order valence-electron chi connectivity index (χ1n) is 11.9. The molecule has 1 fully saturated rings. The summed E-state index contributed by atoms with van der Waals surface area (Å²) in [5.74, 6) is 0.0597. The van der Waals surface area contributed by atoms with Gasteiger partial charge in [-0.1, -0.05) is 74.5 Å². The molecule has 0 aromatic heterocycles. The maximum Gasteiger partial charge on any atom is 0.249 e. The van der Waals surface area contributed by atoms with Crippen molar-refractivity contribution in [2.75, 3.05) is 13.1 Å². The summed E-state index contributed by atoms with van der Waals surface area (Å²) in [4.78, 5) is 39.9. The lowest BCUT2D eigenvalue weighted by atomic mass is 10.0. The number of piperidine rings is 1. The fourth-order valence-electron chi connectivity index (χ4n) is 4.15. The highest BCUT2D eigenvalue weighted by Gasteiger charge is 2.30. The number of likely N-dealkylation sites (tertiary alicyclic amines) is 1. The highest BCUT2D eigenvalue weighted by molar-refractivity contribution is 5.89. The summed E-state index contributed by atoms with van der Waals surface area (Å²) < 4.78 is 0. The Hall–Kier alpha value is -3.15. The van der Waals surface area contributed by atoms with Crippen molar-refractivity contribution in [3.05, 3.63) is 71.8 Å². The molecule has 0 spiro atoms. The van der Waals surface area contributed by atoms with Gasteiger partial charge in [-0.2, -0.15) is 0 Å². The van der Waals surface area contributed by atoms with Crippen molar-refractivity contribution in [1.82, 2.24) is 15.5 Å². The molecule has 2 N–H and O–H groups in total. The minimum absolute atomic E-state index is 0.0479. The maximum atomic E-state index is 13.3. The van der Waals surface area contributed by atoms with Crippen molar-refractivity contribution in [3.63, 3.8) is 0 Å². The molecule has 176 valence electrons. The van der Waals surface area contributed by atoms with E-state index < -0.39 is 6.04 Å². The van der Waals surface area contributed by atoms with E-state index >= 15 is 0 Å². The third kappa shape index (κ3) is 7.74. The van der Waals surface area contributed by atoms with E-state index in [1.807, 2.05) is 74.5 Å². The topological polar surface area (TPSA) is 78.5 Å². The van der Waals surface area contributed by atoms with Gasteiger partial charge in [0.1, 0.15) is 6.04 Å². The largest absolute Gasteiger partial charge is 0.353 e. The number of benzene rings is 2. The zero-order valence-corrected chi connectivity index (χ0v) is 19.6. The molecule has 6 nitrogen and oxygen atoms in total. The van der Waals surface area contributed by atoms with E-state index in [4.69, 9.17) is 0 Å². The second-order valence-electron chi connectivity index (χ2n) is 9.16. The Morgan fingerprint density at radius 3 is 2.12 bits per heavy atom. The first kappa shape index (κ1) is 24.5. The average molecular weight is 450 g/mol. The number of aryl methyl sites for hydroxylation is 1. The molecule has 0 saturated carbocycles. The van der Waals surface area contributed by atoms with Crippen LogP contribution in [0.5, 0.6) is 0 Å². The van der Waals surface area contributed by atoms with Crippen LogP contribution in [0.15, 0.2) is 60.7 Å². The quantitative estimate of drug-likeness (QED) is 0.614. The van der Waals surface area contributed by atoms with Crippen LogP contribution in [0.3, 0.4) is 0 Å². The molecule has 1 unspecified atom stereocenters. The Kier molecular flexibility index (Phi) is 9.04. The summed E-state index contributed by atoms with van der Waals surface area (Å²) >= 11 is 0. The zero-order chi connectivity index (χ0) is 23.6. The molecule has 0 radical (unpaired) electrons. The van der Waals surface area contributed by atoms with Crippen molar-refractivity contribution >= 4 is 17.7 Å². The maximum absolute atomic E-state index is 13.3. The Bertz CT molecular complexity index is 907. The van der Waals surface area contributed by atoms with Crippen LogP contribution in [-0.4, -0.2) is 41.8 Å². The van der Waals surface area contributed by atoms with Gasteiger partial charge in [-0.25, -0.2) is 0 Å². The molecule has 2 aromatic rings. The molecule has 3 rings (SSSR count). The van der Waals surface area contributed by atoms with Gasteiger partial charge in [-0.3, -0.25) is 14.4 Å². The van der Waals surface area contributed by atoms with Crippen LogP contribution in [0.25, 0.3) is 0 Å². The summed E-state index contributed by atoms with van der Waals surface area (Å²) in [6, 6.07) is 18.8. The minimum Gasteiger partial charge on any atom is -0.353 e. The lowest BCUT2D eigenvalue weighted by Gasteiger charge is -2.35. The fourth-order valence-corrected chi connectivity index (χ4v) is 4.15. The standard InChI is InChI=1S/C27H35N3O3/c1-20(2)19-25(32)29-26(22-11-7-4-8-12-22)27(33)30-17-15-23(16-18-30)28-24(31)14-13-21-9-5-3-6-10-21/h3-12,20,23,26H,13-19H2,1-2H3,(H,28,31)(H,29,32). The average Bonchev–Trinajstić information content (AvgIpc) is 2.82. The van der Waals surface area contributed by atoms with Crippen LogP contribution < -0.4 is 10.6 Å². The van der Waals surface area contributed by atoms with Gasteiger partial charge in [-0.15, -0.1) is 0 Å². The number of nitrogens with one attached hydrogen (secondary N) is 2. The molecular weight excluding hydrogens is 414 g/mol. The molecule has 6 heteroatoms. The molecule has 1 aliphatic heterocycles. The number of rotatable bonds is 9. The van der Waals surface area contributed by atoms with Gasteiger partial charge in [0.2, 0.25) is 17.7 Å². The molecule has 33 heavy (non-hydrogen) atoms. The van der Waals surface area contributed by atoms with Gasteiger partial charge >= 0.3 is 0 Å². The third-order valence-electron chi connectivity index (χ3n) is 5.93. The van der Waals surface area contributed by atoms with E-state index in [0.29, 0.717) is 38.8 Å². The van der Waals surface area contributed by atoms with Crippen LogP contribution in [0.2, 0.25) is 0 Å². The number of nitrogens with zero attached hydrogens (tertiary/aromatic N) is 1. The Morgan fingerprint density at radius 2 is 1.52 bits per heavy atom. The van der Waals surface area contributed by atoms with Crippen molar-refractivity contribution in [2.45, 2.75) is 58.0 Å². The van der Waals surface area contributed by atoms with E-state index in [2.05, 4.69) is 10.6 Å². The summed E-state index contributed by atoms with van der Waals surface area (Å²) in [6.45, 7) is 5.09. The van der Waals surface area contributed by atoms with Crippen molar-refractivity contribution < 1.29 is 14.4 Å². The molecule has 0 bridgehead atoms. The SMILES string of the molecule is CC(C)CC(=O)NC(C(=O)N1CCC(NC(=O)CCc2ccccc2)CC1)c1ccccc1. The zero-order valence-electron chi connectivity index (χ0n) is 19.6. The first-order chi connectivity index (χ1) is 15.9. The van der Waals surface area contributed by atoms with Gasteiger partial charge < -0.3 is 15.5 Å². The van der Waals surface area contributed by atoms with Crippen LogP contribution in [0, 0.1) is 5.92 Å². The predicted molar refractivity (Wildman–Crippen MR) is 129 cm³/mol. The van der Waals surface area contributed by atoms with Gasteiger partial charge in [-0.05, 0) is 36.3 Å². The smallest absolute Gasteiger partial charge is 0.249 e. The highest BCUT2D eigenvalue weighted by atomic mass is 16.2. The minimum atomic E-state index is -0.686. The monoisotopic (exact) mass is 449 g/mol. The number of carbonyl (C=O) groups is 3. The molecule has 2 aromatic carbocycles. The molecule has 0 aliphatic carbocycles.